The van der Waals surface area contributed by atoms with Crippen LogP contribution in [0.4, 0.5) is 0 Å². The molecule has 0 saturated carbocycles. The molecule has 1 aromatic rings. The van der Waals surface area contributed by atoms with E-state index in [4.69, 9.17) is 28.3 Å². The van der Waals surface area contributed by atoms with Gasteiger partial charge in [-0.15, -0.1) is 6.58 Å². The third-order valence-corrected chi connectivity index (χ3v) is 2.96. The van der Waals surface area contributed by atoms with Crippen LogP contribution in [0.2, 0.25) is 10.0 Å². The molecule has 1 N–H and O–H groups in total. The van der Waals surface area contributed by atoms with Gasteiger partial charge in [0.15, 0.2) is 0 Å². The fourth-order valence-corrected chi connectivity index (χ4v) is 1.76. The van der Waals surface area contributed by atoms with Gasteiger partial charge in [0.1, 0.15) is 6.54 Å². The van der Waals surface area contributed by atoms with Crippen molar-refractivity contribution < 1.29 is 14.7 Å². The SMILES string of the molecule is C=CCN(CC(=O)O)C(=O)c1cccc(Cl)c1Cl. The third-order valence-electron chi connectivity index (χ3n) is 2.14. The average molecular weight is 288 g/mol. The van der Waals surface area contributed by atoms with E-state index >= 15 is 0 Å². The lowest BCUT2D eigenvalue weighted by atomic mass is 10.2. The van der Waals surface area contributed by atoms with Gasteiger partial charge in [0.05, 0.1) is 15.6 Å². The molecule has 1 rings (SSSR count). The van der Waals surface area contributed by atoms with E-state index in [1.807, 2.05) is 0 Å². The number of carbonyl (C=O) groups is 2. The van der Waals surface area contributed by atoms with Gasteiger partial charge in [-0.05, 0) is 12.1 Å². The summed E-state index contributed by atoms with van der Waals surface area (Å²) in [5.74, 6) is -1.60. The summed E-state index contributed by atoms with van der Waals surface area (Å²) in [6.07, 6.45) is 1.44. The second-order valence-corrected chi connectivity index (χ2v) is 4.25. The van der Waals surface area contributed by atoms with Crippen LogP contribution in [-0.4, -0.2) is 35.0 Å². The zero-order chi connectivity index (χ0) is 13.7. The van der Waals surface area contributed by atoms with Crippen molar-refractivity contribution in [3.8, 4) is 0 Å². The normalized spacial score (nSPS) is 9.89. The number of hydrogen-bond acceptors (Lipinski definition) is 2. The maximum atomic E-state index is 12.1. The van der Waals surface area contributed by atoms with Crippen LogP contribution in [0.25, 0.3) is 0 Å². The van der Waals surface area contributed by atoms with Gasteiger partial charge in [-0.1, -0.05) is 35.3 Å². The Morgan fingerprint density at radius 2 is 2.06 bits per heavy atom. The fourth-order valence-electron chi connectivity index (χ4n) is 1.38. The molecule has 0 aliphatic carbocycles. The molecule has 96 valence electrons. The number of hydrogen-bond donors (Lipinski definition) is 1. The topological polar surface area (TPSA) is 57.6 Å². The summed E-state index contributed by atoms with van der Waals surface area (Å²) in [6, 6.07) is 4.62. The van der Waals surface area contributed by atoms with Gasteiger partial charge in [-0.2, -0.15) is 0 Å². The van der Waals surface area contributed by atoms with Gasteiger partial charge < -0.3 is 10.0 Å². The number of aliphatic carboxylic acids is 1. The van der Waals surface area contributed by atoms with E-state index < -0.39 is 18.4 Å². The second-order valence-electron chi connectivity index (χ2n) is 3.47. The number of carboxylic acid groups (broad SMARTS) is 1. The highest BCUT2D eigenvalue weighted by Gasteiger charge is 2.20. The molecular weight excluding hydrogens is 277 g/mol. The first-order valence-electron chi connectivity index (χ1n) is 5.03. The monoisotopic (exact) mass is 287 g/mol. The molecule has 0 heterocycles. The molecule has 0 aromatic heterocycles. The summed E-state index contributed by atoms with van der Waals surface area (Å²) in [5.41, 5.74) is 0.173. The van der Waals surface area contributed by atoms with Crippen molar-refractivity contribution >= 4 is 35.1 Å². The van der Waals surface area contributed by atoms with E-state index in [1.54, 1.807) is 12.1 Å². The van der Waals surface area contributed by atoms with E-state index in [0.29, 0.717) is 0 Å². The Labute approximate surface area is 114 Å². The van der Waals surface area contributed by atoms with Gasteiger partial charge in [0, 0.05) is 6.54 Å². The number of nitrogens with zero attached hydrogens (tertiary/aromatic N) is 1. The number of carboxylic acids is 1. The molecule has 0 saturated heterocycles. The van der Waals surface area contributed by atoms with Crippen molar-refractivity contribution in [2.45, 2.75) is 0 Å². The highest BCUT2D eigenvalue weighted by molar-refractivity contribution is 6.43. The highest BCUT2D eigenvalue weighted by atomic mass is 35.5. The van der Waals surface area contributed by atoms with E-state index in [-0.39, 0.29) is 22.2 Å². The van der Waals surface area contributed by atoms with Crippen LogP contribution in [-0.2, 0) is 4.79 Å². The summed E-state index contributed by atoms with van der Waals surface area (Å²) < 4.78 is 0. The minimum Gasteiger partial charge on any atom is -0.480 e. The molecule has 0 spiro atoms. The van der Waals surface area contributed by atoms with Crippen LogP contribution in [0, 0.1) is 0 Å². The molecule has 1 amide bonds. The first-order chi connectivity index (χ1) is 8.47. The molecule has 0 aliphatic heterocycles. The Morgan fingerprint density at radius 1 is 1.39 bits per heavy atom. The van der Waals surface area contributed by atoms with Crippen LogP contribution < -0.4 is 0 Å². The number of rotatable bonds is 5. The van der Waals surface area contributed by atoms with Gasteiger partial charge in [0.2, 0.25) is 0 Å². The standard InChI is InChI=1S/C12H11Cl2NO3/c1-2-6-15(7-10(16)17)12(18)8-4-3-5-9(13)11(8)14/h2-5H,1,6-7H2,(H,16,17). The van der Waals surface area contributed by atoms with E-state index in [1.165, 1.54) is 12.1 Å². The van der Waals surface area contributed by atoms with Crippen molar-refractivity contribution in [3.63, 3.8) is 0 Å². The number of halogens is 2. The summed E-state index contributed by atoms with van der Waals surface area (Å²) in [7, 11) is 0. The van der Waals surface area contributed by atoms with Gasteiger partial charge in [-0.3, -0.25) is 9.59 Å². The smallest absolute Gasteiger partial charge is 0.323 e. The zero-order valence-corrected chi connectivity index (χ0v) is 10.9. The minimum absolute atomic E-state index is 0.114. The molecule has 0 aliphatic rings. The summed E-state index contributed by atoms with van der Waals surface area (Å²) in [5, 5.41) is 9.10. The molecule has 4 nitrogen and oxygen atoms in total. The molecule has 0 fully saturated rings. The maximum Gasteiger partial charge on any atom is 0.323 e. The maximum absolute atomic E-state index is 12.1. The number of benzene rings is 1. The quantitative estimate of drug-likeness (QED) is 0.847. The van der Waals surface area contributed by atoms with Crippen molar-refractivity contribution in [1.29, 1.82) is 0 Å². The third kappa shape index (κ3) is 3.48. The van der Waals surface area contributed by atoms with Crippen LogP contribution >= 0.6 is 23.2 Å². The molecule has 0 radical (unpaired) electrons. The Hall–Kier alpha value is -1.52. The Morgan fingerprint density at radius 3 is 2.61 bits per heavy atom. The molecule has 1 aromatic carbocycles. The van der Waals surface area contributed by atoms with Crippen LogP contribution in [0.15, 0.2) is 30.9 Å². The minimum atomic E-state index is -1.11. The summed E-state index contributed by atoms with van der Waals surface area (Å²) in [4.78, 5) is 23.9. The average Bonchev–Trinajstić information content (AvgIpc) is 2.31. The Kier molecular flexibility index (Phi) is 5.19. The lowest BCUT2D eigenvalue weighted by molar-refractivity contribution is -0.137. The lowest BCUT2D eigenvalue weighted by Gasteiger charge is -2.19. The Bertz CT molecular complexity index is 488. The predicted octanol–water partition coefficient (Wildman–Crippen LogP) is 2.71. The molecular formula is C12H11Cl2NO3. The fraction of sp³-hybridized carbons (Fsp3) is 0.167. The van der Waals surface area contributed by atoms with Crippen molar-refractivity contribution in [2.24, 2.45) is 0 Å². The van der Waals surface area contributed by atoms with Crippen molar-refractivity contribution in [1.82, 2.24) is 4.90 Å². The molecule has 6 heteroatoms. The molecule has 0 bridgehead atoms. The van der Waals surface area contributed by atoms with Gasteiger partial charge >= 0.3 is 5.97 Å². The van der Waals surface area contributed by atoms with Crippen LogP contribution in [0.3, 0.4) is 0 Å². The van der Waals surface area contributed by atoms with Gasteiger partial charge in [-0.25, -0.2) is 0 Å². The molecule has 18 heavy (non-hydrogen) atoms. The van der Waals surface area contributed by atoms with Crippen molar-refractivity contribution in [3.05, 3.63) is 46.5 Å². The van der Waals surface area contributed by atoms with Gasteiger partial charge in [0.25, 0.3) is 5.91 Å². The summed E-state index contributed by atoms with van der Waals surface area (Å²) >= 11 is 11.7. The lowest BCUT2D eigenvalue weighted by Crippen LogP contribution is -2.35. The molecule has 0 unspecified atom stereocenters. The second kappa shape index (κ2) is 6.42. The Balaban J connectivity index is 3.05. The van der Waals surface area contributed by atoms with Crippen LogP contribution in [0.1, 0.15) is 10.4 Å². The number of amides is 1. The van der Waals surface area contributed by atoms with Crippen molar-refractivity contribution in [2.75, 3.05) is 13.1 Å². The van der Waals surface area contributed by atoms with E-state index in [9.17, 15) is 9.59 Å². The predicted molar refractivity (Wildman–Crippen MR) is 70.2 cm³/mol. The highest BCUT2D eigenvalue weighted by Crippen LogP contribution is 2.26. The molecule has 0 atom stereocenters. The number of carbonyl (C=O) groups excluding carboxylic acids is 1. The van der Waals surface area contributed by atoms with Crippen LogP contribution in [0.5, 0.6) is 0 Å². The largest absolute Gasteiger partial charge is 0.480 e. The first kappa shape index (κ1) is 14.5. The first-order valence-corrected chi connectivity index (χ1v) is 5.79. The summed E-state index contributed by atoms with van der Waals surface area (Å²) in [6.45, 7) is 3.17. The zero-order valence-electron chi connectivity index (χ0n) is 9.40. The van der Waals surface area contributed by atoms with E-state index in [2.05, 4.69) is 6.58 Å². The van der Waals surface area contributed by atoms with E-state index in [0.717, 1.165) is 4.90 Å².